The zero-order valence-corrected chi connectivity index (χ0v) is 14.7. The van der Waals surface area contributed by atoms with E-state index >= 15 is 0 Å². The molecule has 130 valence electrons. The maximum absolute atomic E-state index is 12.1. The molecule has 2 unspecified atom stereocenters. The molecule has 5 nitrogen and oxygen atoms in total. The van der Waals surface area contributed by atoms with E-state index < -0.39 is 6.04 Å². The molecule has 0 aliphatic rings. The van der Waals surface area contributed by atoms with Crippen LogP contribution in [0.3, 0.4) is 0 Å². The van der Waals surface area contributed by atoms with E-state index in [-0.39, 0.29) is 11.8 Å². The Labute approximate surface area is 139 Å². The molecule has 0 aliphatic carbocycles. The highest BCUT2D eigenvalue weighted by atomic mass is 16.5. The van der Waals surface area contributed by atoms with E-state index in [9.17, 15) is 4.79 Å². The van der Waals surface area contributed by atoms with E-state index in [0.717, 1.165) is 29.7 Å². The predicted molar refractivity (Wildman–Crippen MR) is 92.4 cm³/mol. The van der Waals surface area contributed by atoms with E-state index in [1.807, 2.05) is 39.0 Å². The first-order valence-corrected chi connectivity index (χ1v) is 8.24. The molecule has 0 spiro atoms. The number of ether oxygens (including phenoxy) is 2. The molecule has 1 rings (SSSR count). The largest absolute Gasteiger partial charge is 0.493 e. The number of aryl methyl sites for hydroxylation is 1. The minimum atomic E-state index is -0.475. The van der Waals surface area contributed by atoms with Gasteiger partial charge in [-0.1, -0.05) is 32.4 Å². The number of benzene rings is 1. The monoisotopic (exact) mass is 322 g/mol. The van der Waals surface area contributed by atoms with Gasteiger partial charge in [0.05, 0.1) is 12.6 Å². The average molecular weight is 322 g/mol. The van der Waals surface area contributed by atoms with Crippen molar-refractivity contribution < 1.29 is 14.3 Å². The molecule has 0 heterocycles. The van der Waals surface area contributed by atoms with Gasteiger partial charge in [-0.05, 0) is 24.5 Å². The van der Waals surface area contributed by atoms with E-state index in [0.29, 0.717) is 19.8 Å². The minimum absolute atomic E-state index is 0.120. The zero-order valence-electron chi connectivity index (χ0n) is 14.7. The third-order valence-electron chi connectivity index (χ3n) is 3.99. The van der Waals surface area contributed by atoms with Gasteiger partial charge in [0.15, 0.2) is 0 Å². The summed E-state index contributed by atoms with van der Waals surface area (Å²) in [5.41, 5.74) is 8.03. The van der Waals surface area contributed by atoms with Crippen molar-refractivity contribution >= 4 is 5.91 Å². The molecule has 1 aromatic carbocycles. The lowest BCUT2D eigenvalue weighted by atomic mass is 9.99. The first-order chi connectivity index (χ1) is 11.0. The highest BCUT2D eigenvalue weighted by Gasteiger charge is 2.19. The lowest BCUT2D eigenvalue weighted by molar-refractivity contribution is -0.123. The summed E-state index contributed by atoms with van der Waals surface area (Å²) in [6.07, 6.45) is 1.71. The number of methoxy groups -OCH3 is 1. The summed E-state index contributed by atoms with van der Waals surface area (Å²) in [7, 11) is 1.67. The molecule has 5 heteroatoms. The van der Waals surface area contributed by atoms with Gasteiger partial charge in [0.1, 0.15) is 5.75 Å². The highest BCUT2D eigenvalue weighted by molar-refractivity contribution is 5.81. The van der Waals surface area contributed by atoms with Crippen molar-refractivity contribution in [2.75, 3.05) is 20.3 Å². The topological polar surface area (TPSA) is 73.6 Å². The van der Waals surface area contributed by atoms with Crippen LogP contribution in [0.15, 0.2) is 18.2 Å². The molecule has 0 aromatic heterocycles. The van der Waals surface area contributed by atoms with Gasteiger partial charge in [-0.3, -0.25) is 4.79 Å². The fourth-order valence-corrected chi connectivity index (χ4v) is 2.14. The second-order valence-corrected chi connectivity index (χ2v) is 5.94. The van der Waals surface area contributed by atoms with E-state index in [1.54, 1.807) is 7.11 Å². The summed E-state index contributed by atoms with van der Waals surface area (Å²) < 4.78 is 10.8. The zero-order chi connectivity index (χ0) is 17.2. The molecule has 0 fully saturated rings. The van der Waals surface area contributed by atoms with E-state index in [4.69, 9.17) is 15.2 Å². The van der Waals surface area contributed by atoms with Crippen molar-refractivity contribution in [3.05, 3.63) is 29.3 Å². The summed E-state index contributed by atoms with van der Waals surface area (Å²) in [4.78, 5) is 12.1. The highest BCUT2D eigenvalue weighted by Crippen LogP contribution is 2.20. The number of nitrogens with one attached hydrogen (secondary N) is 1. The predicted octanol–water partition coefficient (Wildman–Crippen LogP) is 2.40. The van der Waals surface area contributed by atoms with Gasteiger partial charge in [0.25, 0.3) is 0 Å². The van der Waals surface area contributed by atoms with Crippen LogP contribution >= 0.6 is 0 Å². The number of nitrogens with two attached hydrogens (primary N) is 1. The van der Waals surface area contributed by atoms with Gasteiger partial charge >= 0.3 is 0 Å². The van der Waals surface area contributed by atoms with Gasteiger partial charge in [0, 0.05) is 32.2 Å². The minimum Gasteiger partial charge on any atom is -0.493 e. The molecule has 2 atom stereocenters. The second kappa shape index (κ2) is 10.2. The fraction of sp³-hybridized carbons (Fsp3) is 0.611. The summed E-state index contributed by atoms with van der Waals surface area (Å²) >= 11 is 0. The summed E-state index contributed by atoms with van der Waals surface area (Å²) in [6.45, 7) is 7.71. The summed E-state index contributed by atoms with van der Waals surface area (Å²) in [5.74, 6) is 0.849. The molecule has 0 bridgehead atoms. The number of amides is 1. The number of carbonyl (C=O) groups is 1. The number of hydrogen-bond acceptors (Lipinski definition) is 4. The fourth-order valence-electron chi connectivity index (χ4n) is 2.14. The summed E-state index contributed by atoms with van der Waals surface area (Å²) in [6, 6.07) is 5.51. The van der Waals surface area contributed by atoms with Gasteiger partial charge in [-0.25, -0.2) is 0 Å². The van der Waals surface area contributed by atoms with Gasteiger partial charge in [-0.2, -0.15) is 0 Å². The third kappa shape index (κ3) is 6.59. The van der Waals surface area contributed by atoms with Crippen LogP contribution in [0.2, 0.25) is 0 Å². The Morgan fingerprint density at radius 1 is 1.35 bits per heavy atom. The van der Waals surface area contributed by atoms with Crippen LogP contribution in [0, 0.1) is 12.8 Å². The molecule has 0 radical (unpaired) electrons. The molecule has 0 aliphatic heterocycles. The van der Waals surface area contributed by atoms with Crippen LogP contribution in [0.1, 0.15) is 37.8 Å². The van der Waals surface area contributed by atoms with Crippen molar-refractivity contribution in [1.29, 1.82) is 0 Å². The molecular formula is C18H30N2O3. The van der Waals surface area contributed by atoms with E-state index in [1.165, 1.54) is 0 Å². The van der Waals surface area contributed by atoms with Crippen LogP contribution in [0.25, 0.3) is 0 Å². The Morgan fingerprint density at radius 3 is 2.74 bits per heavy atom. The Morgan fingerprint density at radius 2 is 2.09 bits per heavy atom. The third-order valence-corrected chi connectivity index (χ3v) is 3.99. The summed E-state index contributed by atoms with van der Waals surface area (Å²) in [5, 5.41) is 2.91. The standard InChI is InChI=1S/C18H30N2O3/c1-5-14(3)17(19)18(21)20-12-15-8-7-13(2)11-16(15)23-10-6-9-22-4/h7-8,11,14,17H,5-6,9-10,12,19H2,1-4H3,(H,20,21). The SMILES string of the molecule is CCC(C)C(N)C(=O)NCc1ccc(C)cc1OCCCOC. The van der Waals surface area contributed by atoms with Crippen LogP contribution in [-0.4, -0.2) is 32.3 Å². The smallest absolute Gasteiger partial charge is 0.237 e. The first kappa shape index (κ1) is 19.5. The molecule has 0 saturated heterocycles. The van der Waals surface area contributed by atoms with Crippen molar-refractivity contribution in [2.24, 2.45) is 11.7 Å². The van der Waals surface area contributed by atoms with Crippen LogP contribution < -0.4 is 15.8 Å². The van der Waals surface area contributed by atoms with Gasteiger partial charge in [0.2, 0.25) is 5.91 Å². The Kier molecular flexibility index (Phi) is 8.66. The maximum Gasteiger partial charge on any atom is 0.237 e. The van der Waals surface area contributed by atoms with Crippen molar-refractivity contribution in [3.63, 3.8) is 0 Å². The number of rotatable bonds is 10. The first-order valence-electron chi connectivity index (χ1n) is 8.24. The lowest BCUT2D eigenvalue weighted by Gasteiger charge is -2.18. The van der Waals surface area contributed by atoms with Gasteiger partial charge in [-0.15, -0.1) is 0 Å². The molecule has 23 heavy (non-hydrogen) atoms. The normalized spacial score (nSPS) is 13.4. The molecule has 0 saturated carbocycles. The van der Waals surface area contributed by atoms with Crippen LogP contribution in [0.4, 0.5) is 0 Å². The van der Waals surface area contributed by atoms with Crippen molar-refractivity contribution in [1.82, 2.24) is 5.32 Å². The van der Waals surface area contributed by atoms with E-state index in [2.05, 4.69) is 5.32 Å². The Bertz CT molecular complexity index is 491. The Hall–Kier alpha value is -1.59. The quantitative estimate of drug-likeness (QED) is 0.649. The lowest BCUT2D eigenvalue weighted by Crippen LogP contribution is -2.44. The van der Waals surface area contributed by atoms with Crippen LogP contribution in [0.5, 0.6) is 5.75 Å². The molecule has 1 aromatic rings. The molecule has 1 amide bonds. The van der Waals surface area contributed by atoms with Crippen LogP contribution in [-0.2, 0) is 16.1 Å². The Balaban J connectivity index is 2.63. The molecular weight excluding hydrogens is 292 g/mol. The number of carbonyl (C=O) groups excluding carboxylic acids is 1. The average Bonchev–Trinajstić information content (AvgIpc) is 2.56. The maximum atomic E-state index is 12.1. The number of hydrogen-bond donors (Lipinski definition) is 2. The molecule has 3 N–H and O–H groups in total. The van der Waals surface area contributed by atoms with Gasteiger partial charge < -0.3 is 20.5 Å². The second-order valence-electron chi connectivity index (χ2n) is 5.94. The van der Waals surface area contributed by atoms with Crippen molar-refractivity contribution in [3.8, 4) is 5.75 Å². The van der Waals surface area contributed by atoms with Crippen molar-refractivity contribution in [2.45, 2.75) is 46.2 Å².